The van der Waals surface area contributed by atoms with E-state index in [0.29, 0.717) is 0 Å². The molecule has 0 saturated carbocycles. The predicted octanol–water partition coefficient (Wildman–Crippen LogP) is 10.8. The molecule has 0 saturated heterocycles. The van der Waals surface area contributed by atoms with E-state index in [1.807, 2.05) is 27.7 Å². The molecule has 5 nitrogen and oxygen atoms in total. The number of H-pyrrole nitrogens is 3. The molecular weight excluding hydrogens is 666 g/mol. The van der Waals surface area contributed by atoms with Crippen LogP contribution >= 0.6 is 27.3 Å². The van der Waals surface area contributed by atoms with Gasteiger partial charge in [0.25, 0.3) is 0 Å². The maximum Gasteiger partial charge on any atom is 0.161 e. The van der Waals surface area contributed by atoms with Crippen LogP contribution in [0, 0.1) is 27.7 Å². The van der Waals surface area contributed by atoms with E-state index in [1.165, 1.54) is 21.0 Å². The molecule has 7 heteroatoms. The van der Waals surface area contributed by atoms with Crippen LogP contribution in [-0.2, 0) is 0 Å². The van der Waals surface area contributed by atoms with E-state index >= 15 is 0 Å². The van der Waals surface area contributed by atoms with Gasteiger partial charge < -0.3 is 15.0 Å². The lowest BCUT2D eigenvalue weighted by Crippen LogP contribution is -2.10. The first-order valence-corrected chi connectivity index (χ1v) is 17.5. The number of aryl methyl sites for hydroxylation is 2. The molecule has 7 aromatic rings. The summed E-state index contributed by atoms with van der Waals surface area (Å²) in [6, 6.07) is 25.7. The molecule has 4 heterocycles. The number of hydrogen-bond acceptors (Lipinski definition) is 3. The van der Waals surface area contributed by atoms with Gasteiger partial charge in [0.1, 0.15) is 0 Å². The number of thiophene rings is 1. The fourth-order valence-corrected chi connectivity index (χ4v) is 8.98. The Bertz CT molecular complexity index is 2340. The molecular formula is C40H36BrN3O2S. The summed E-state index contributed by atoms with van der Waals surface area (Å²) < 4.78 is 2.23. The zero-order chi connectivity index (χ0) is 33.1. The first-order valence-electron chi connectivity index (χ1n) is 15.8. The summed E-state index contributed by atoms with van der Waals surface area (Å²) in [5.41, 5.74) is 11.6. The van der Waals surface area contributed by atoms with Crippen LogP contribution < -0.4 is 0 Å². The Kier molecular flexibility index (Phi) is 7.93. The molecule has 0 spiro atoms. The monoisotopic (exact) mass is 701 g/mol. The van der Waals surface area contributed by atoms with E-state index in [4.69, 9.17) is 0 Å². The number of halogens is 1. The van der Waals surface area contributed by atoms with Gasteiger partial charge in [-0.1, -0.05) is 58.4 Å². The fourth-order valence-electron chi connectivity index (χ4n) is 7.65. The van der Waals surface area contributed by atoms with Gasteiger partial charge in [0.05, 0.1) is 11.8 Å². The molecule has 0 amide bonds. The van der Waals surface area contributed by atoms with Gasteiger partial charge in [0.15, 0.2) is 11.6 Å². The lowest BCUT2D eigenvalue weighted by Gasteiger charge is -2.21. The highest BCUT2D eigenvalue weighted by molar-refractivity contribution is 9.10. The minimum absolute atomic E-state index is 0.0563. The van der Waals surface area contributed by atoms with Crippen LogP contribution in [0.3, 0.4) is 0 Å². The van der Waals surface area contributed by atoms with Gasteiger partial charge in [-0.05, 0) is 116 Å². The molecule has 7 rings (SSSR count). The topological polar surface area (TPSA) is 81.5 Å². The average molecular weight is 703 g/mol. The van der Waals surface area contributed by atoms with Crippen molar-refractivity contribution in [2.45, 2.75) is 53.4 Å². The van der Waals surface area contributed by atoms with Gasteiger partial charge in [-0.3, -0.25) is 9.59 Å². The number of nitrogens with one attached hydrogen (secondary N) is 3. The van der Waals surface area contributed by atoms with E-state index in [1.54, 1.807) is 25.2 Å². The van der Waals surface area contributed by atoms with E-state index < -0.39 is 0 Å². The van der Waals surface area contributed by atoms with Crippen molar-refractivity contribution in [3.63, 3.8) is 0 Å². The number of aromatic amines is 3. The van der Waals surface area contributed by atoms with E-state index in [-0.39, 0.29) is 23.4 Å². The van der Waals surface area contributed by atoms with E-state index in [9.17, 15) is 9.59 Å². The predicted molar refractivity (Wildman–Crippen MR) is 197 cm³/mol. The van der Waals surface area contributed by atoms with Gasteiger partial charge >= 0.3 is 0 Å². The number of hydrogen-bond donors (Lipinski definition) is 3. The molecule has 0 aliphatic heterocycles. The third-order valence-corrected chi connectivity index (χ3v) is 11.1. The molecule has 236 valence electrons. The van der Waals surface area contributed by atoms with Crippen molar-refractivity contribution in [3.05, 3.63) is 150 Å². The zero-order valence-electron chi connectivity index (χ0n) is 27.3. The van der Waals surface area contributed by atoms with Crippen molar-refractivity contribution < 1.29 is 9.59 Å². The molecule has 47 heavy (non-hydrogen) atoms. The van der Waals surface area contributed by atoms with Crippen LogP contribution in [0.2, 0.25) is 0 Å². The minimum Gasteiger partial charge on any atom is -0.361 e. The lowest BCUT2D eigenvalue weighted by molar-refractivity contribution is 0.100. The third-order valence-electron chi connectivity index (χ3n) is 9.60. The third kappa shape index (κ3) is 5.22. The first kappa shape index (κ1) is 31.2. The summed E-state index contributed by atoms with van der Waals surface area (Å²) in [4.78, 5) is 36.7. The second-order valence-corrected chi connectivity index (χ2v) is 14.4. The molecule has 0 fully saturated rings. The molecule has 3 aromatic carbocycles. The van der Waals surface area contributed by atoms with Gasteiger partial charge in [0, 0.05) is 54.5 Å². The number of benzene rings is 3. The molecule has 0 radical (unpaired) electrons. The van der Waals surface area contributed by atoms with Crippen LogP contribution in [0.1, 0.15) is 103 Å². The number of carbonyl (C=O) groups excluding carboxylic acids is 2. The number of ketones is 2. The van der Waals surface area contributed by atoms with Crippen LogP contribution in [0.25, 0.3) is 20.9 Å². The highest BCUT2D eigenvalue weighted by Gasteiger charge is 2.31. The van der Waals surface area contributed by atoms with Crippen molar-refractivity contribution in [3.8, 4) is 0 Å². The molecule has 2 unspecified atom stereocenters. The number of Topliss-reactive ketones (excluding diaryl/α,β-unsaturated/α-hetero) is 2. The summed E-state index contributed by atoms with van der Waals surface area (Å²) in [7, 11) is 0. The molecule has 3 N–H and O–H groups in total. The maximum atomic E-state index is 12.8. The van der Waals surface area contributed by atoms with Gasteiger partial charge in [-0.25, -0.2) is 0 Å². The number of rotatable bonds is 8. The highest BCUT2D eigenvalue weighted by atomic mass is 79.9. The smallest absolute Gasteiger partial charge is 0.161 e. The summed E-state index contributed by atoms with van der Waals surface area (Å²) in [5.74, 6) is -0.247. The Hall–Kier alpha value is -4.46. The van der Waals surface area contributed by atoms with Gasteiger partial charge in [0.2, 0.25) is 0 Å². The Morgan fingerprint density at radius 3 is 1.83 bits per heavy atom. The van der Waals surface area contributed by atoms with Crippen molar-refractivity contribution >= 4 is 59.7 Å². The standard InChI is InChI=1S/C40H36BrN3O2S/c1-20-35(24(5)45)22(3)42-39(20)37(29-13-9-11-26-10-7-8-12-28(26)29)32-15-16-33(44-32)38(40-21(2)36(25(6)46)23(4)43-40)31-19-47-34-17-14-27(41)18-30(31)34/h7-19,37-38,42-44H,1-6H3. The van der Waals surface area contributed by atoms with Crippen LogP contribution in [0.4, 0.5) is 0 Å². The van der Waals surface area contributed by atoms with Crippen molar-refractivity contribution in [1.82, 2.24) is 15.0 Å². The summed E-state index contributed by atoms with van der Waals surface area (Å²) in [6.07, 6.45) is 0. The highest BCUT2D eigenvalue weighted by Crippen LogP contribution is 2.44. The Labute approximate surface area is 286 Å². The van der Waals surface area contributed by atoms with E-state index in [2.05, 4.69) is 109 Å². The van der Waals surface area contributed by atoms with Crippen LogP contribution in [-0.4, -0.2) is 26.5 Å². The normalized spacial score (nSPS) is 13.0. The molecule has 0 aliphatic carbocycles. The average Bonchev–Trinajstić information content (AvgIpc) is 3.80. The van der Waals surface area contributed by atoms with Gasteiger partial charge in [-0.15, -0.1) is 11.3 Å². The van der Waals surface area contributed by atoms with Crippen LogP contribution in [0.5, 0.6) is 0 Å². The molecule has 0 bridgehead atoms. The van der Waals surface area contributed by atoms with Crippen molar-refractivity contribution in [1.29, 1.82) is 0 Å². The number of carbonyl (C=O) groups is 2. The number of aromatic nitrogens is 3. The van der Waals surface area contributed by atoms with Crippen LogP contribution in [0.15, 0.2) is 82.6 Å². The Morgan fingerprint density at radius 2 is 1.23 bits per heavy atom. The largest absolute Gasteiger partial charge is 0.361 e. The Balaban J connectivity index is 1.48. The zero-order valence-corrected chi connectivity index (χ0v) is 29.7. The second kappa shape index (κ2) is 12.0. The summed E-state index contributed by atoms with van der Waals surface area (Å²) >= 11 is 5.43. The van der Waals surface area contributed by atoms with E-state index in [0.717, 1.165) is 71.8 Å². The first-order chi connectivity index (χ1) is 22.5. The molecule has 0 aliphatic rings. The SMILES string of the molecule is CC(=O)c1c(C)[nH]c(C(c2ccc(C(c3[nH]c(C)c(C(C)=O)c3C)c3csc4ccc(Br)cc34)[nH]2)c2cccc3ccccc23)c1C. The Morgan fingerprint density at radius 1 is 0.660 bits per heavy atom. The quantitative estimate of drug-likeness (QED) is 0.138. The maximum absolute atomic E-state index is 12.8. The molecule has 2 atom stereocenters. The fraction of sp³-hybridized carbons (Fsp3) is 0.200. The lowest BCUT2D eigenvalue weighted by atomic mass is 9.86. The summed E-state index contributed by atoms with van der Waals surface area (Å²) in [5, 5.41) is 5.75. The second-order valence-electron chi connectivity index (χ2n) is 12.6. The number of fused-ring (bicyclic) bond motifs is 2. The minimum atomic E-state index is -0.185. The van der Waals surface area contributed by atoms with Gasteiger partial charge in [-0.2, -0.15) is 0 Å². The summed E-state index contributed by atoms with van der Waals surface area (Å²) in [6.45, 7) is 11.3. The van der Waals surface area contributed by atoms with Crippen molar-refractivity contribution in [2.24, 2.45) is 0 Å². The molecule has 4 aromatic heterocycles. The van der Waals surface area contributed by atoms with Crippen molar-refractivity contribution in [2.75, 3.05) is 0 Å².